The van der Waals surface area contributed by atoms with Gasteiger partial charge in [0, 0.05) is 32.0 Å². The smallest absolute Gasteiger partial charge is 0.223 e. The largest absolute Gasteiger partial charge is 0.336 e. The van der Waals surface area contributed by atoms with Crippen molar-refractivity contribution in [1.29, 1.82) is 5.26 Å². The minimum absolute atomic E-state index is 0.0421. The molecule has 0 spiro atoms. The average molecular weight is 334 g/mol. The number of likely N-dealkylation sites (tertiary alicyclic amines) is 1. The molecule has 124 valence electrons. The number of nitriles is 1. The van der Waals surface area contributed by atoms with Crippen molar-refractivity contribution in [3.63, 3.8) is 0 Å². The van der Waals surface area contributed by atoms with Gasteiger partial charge in [0.25, 0.3) is 0 Å². The van der Waals surface area contributed by atoms with Gasteiger partial charge in [0.05, 0.1) is 18.6 Å². The Morgan fingerprint density at radius 3 is 2.83 bits per heavy atom. The number of amides is 1. The SMILES string of the molecule is Cn1cnc(C#N)c1CN1CC(c2cc(F)cc(F)c2F)CC1=O. The molecule has 1 amide bonds. The third-order valence-corrected chi connectivity index (χ3v) is 4.18. The summed E-state index contributed by atoms with van der Waals surface area (Å²) in [5, 5.41) is 9.04. The first kappa shape index (κ1) is 16.1. The summed E-state index contributed by atoms with van der Waals surface area (Å²) in [5.41, 5.74) is 0.614. The Labute approximate surface area is 135 Å². The van der Waals surface area contributed by atoms with Gasteiger partial charge in [0.1, 0.15) is 11.9 Å². The number of rotatable bonds is 3. The van der Waals surface area contributed by atoms with E-state index in [0.717, 1.165) is 6.07 Å². The molecule has 1 aliphatic heterocycles. The fraction of sp³-hybridized carbons (Fsp3) is 0.312. The van der Waals surface area contributed by atoms with Crippen LogP contribution in [-0.4, -0.2) is 26.9 Å². The first-order valence-corrected chi connectivity index (χ1v) is 7.23. The highest BCUT2D eigenvalue weighted by Gasteiger charge is 2.34. The standard InChI is InChI=1S/C16H13F3N4O/c1-22-8-21-13(5-20)14(22)7-23-6-9(2-15(23)24)11-3-10(17)4-12(18)16(11)19/h3-4,8-9H,2,6-7H2,1H3. The Hall–Kier alpha value is -2.82. The molecular weight excluding hydrogens is 321 g/mol. The fourth-order valence-corrected chi connectivity index (χ4v) is 2.92. The number of nitrogens with zero attached hydrogens (tertiary/aromatic N) is 4. The van der Waals surface area contributed by atoms with E-state index in [4.69, 9.17) is 5.26 Å². The molecule has 1 unspecified atom stereocenters. The lowest BCUT2D eigenvalue weighted by Crippen LogP contribution is -2.26. The number of benzene rings is 1. The van der Waals surface area contributed by atoms with Crippen LogP contribution in [-0.2, 0) is 18.4 Å². The predicted molar refractivity (Wildman–Crippen MR) is 77.0 cm³/mol. The third-order valence-electron chi connectivity index (χ3n) is 4.18. The van der Waals surface area contributed by atoms with Crippen molar-refractivity contribution in [2.24, 2.45) is 7.05 Å². The zero-order valence-electron chi connectivity index (χ0n) is 12.8. The van der Waals surface area contributed by atoms with Crippen molar-refractivity contribution in [3.05, 3.63) is 52.9 Å². The van der Waals surface area contributed by atoms with E-state index in [1.807, 2.05) is 6.07 Å². The van der Waals surface area contributed by atoms with Gasteiger partial charge in [0.2, 0.25) is 5.91 Å². The summed E-state index contributed by atoms with van der Waals surface area (Å²) in [5.74, 6) is -4.19. The van der Waals surface area contributed by atoms with Crippen LogP contribution in [0.3, 0.4) is 0 Å². The maximum absolute atomic E-state index is 13.9. The molecule has 5 nitrogen and oxygen atoms in total. The van der Waals surface area contributed by atoms with Crippen LogP contribution in [0.2, 0.25) is 0 Å². The zero-order valence-corrected chi connectivity index (χ0v) is 12.8. The van der Waals surface area contributed by atoms with Crippen molar-refractivity contribution in [3.8, 4) is 6.07 Å². The van der Waals surface area contributed by atoms with Crippen LogP contribution in [0.25, 0.3) is 0 Å². The maximum Gasteiger partial charge on any atom is 0.223 e. The molecular formula is C16H13F3N4O. The summed E-state index contributed by atoms with van der Waals surface area (Å²) in [7, 11) is 1.70. The molecule has 0 saturated carbocycles. The van der Waals surface area contributed by atoms with Crippen LogP contribution < -0.4 is 0 Å². The summed E-state index contributed by atoms with van der Waals surface area (Å²) in [4.78, 5) is 17.5. The van der Waals surface area contributed by atoms with E-state index in [-0.39, 0.29) is 36.7 Å². The van der Waals surface area contributed by atoms with Crippen LogP contribution in [0.15, 0.2) is 18.5 Å². The first-order valence-electron chi connectivity index (χ1n) is 7.23. The van der Waals surface area contributed by atoms with Crippen LogP contribution in [0.5, 0.6) is 0 Å². The lowest BCUT2D eigenvalue weighted by Gasteiger charge is -2.17. The Balaban J connectivity index is 1.84. The summed E-state index contributed by atoms with van der Waals surface area (Å²) in [6.07, 6.45) is 1.42. The summed E-state index contributed by atoms with van der Waals surface area (Å²) >= 11 is 0. The first-order chi connectivity index (χ1) is 11.4. The zero-order chi connectivity index (χ0) is 17.4. The van der Waals surface area contributed by atoms with Gasteiger partial charge in [-0.1, -0.05) is 0 Å². The van der Waals surface area contributed by atoms with Crippen LogP contribution >= 0.6 is 0 Å². The van der Waals surface area contributed by atoms with Gasteiger partial charge < -0.3 is 9.47 Å². The van der Waals surface area contributed by atoms with Crippen molar-refractivity contribution < 1.29 is 18.0 Å². The van der Waals surface area contributed by atoms with Gasteiger partial charge in [0.15, 0.2) is 17.3 Å². The molecule has 1 fully saturated rings. The number of hydrogen-bond donors (Lipinski definition) is 0. The number of carbonyl (C=O) groups is 1. The molecule has 1 aliphatic rings. The molecule has 8 heteroatoms. The number of imidazole rings is 1. The molecule has 24 heavy (non-hydrogen) atoms. The molecule has 3 rings (SSSR count). The van der Waals surface area contributed by atoms with Crippen molar-refractivity contribution in [2.45, 2.75) is 18.9 Å². The second kappa shape index (κ2) is 6.00. The monoisotopic (exact) mass is 334 g/mol. The molecule has 0 bridgehead atoms. The predicted octanol–water partition coefficient (Wildman–Crippen LogP) is 2.23. The van der Waals surface area contributed by atoms with Gasteiger partial charge in [-0.25, -0.2) is 18.2 Å². The van der Waals surface area contributed by atoms with Crippen LogP contribution in [0, 0.1) is 28.8 Å². The van der Waals surface area contributed by atoms with E-state index in [9.17, 15) is 18.0 Å². The fourth-order valence-electron chi connectivity index (χ4n) is 2.92. The number of aryl methyl sites for hydroxylation is 1. The van der Waals surface area contributed by atoms with Gasteiger partial charge in [-0.05, 0) is 11.6 Å². The number of hydrogen-bond acceptors (Lipinski definition) is 3. The summed E-state index contributed by atoms with van der Waals surface area (Å²) in [6.45, 7) is 0.253. The van der Waals surface area contributed by atoms with E-state index in [2.05, 4.69) is 4.98 Å². The molecule has 1 atom stereocenters. The number of halogens is 3. The maximum atomic E-state index is 13.9. The Bertz CT molecular complexity index is 856. The van der Waals surface area contributed by atoms with E-state index in [0.29, 0.717) is 11.8 Å². The molecule has 0 radical (unpaired) electrons. The van der Waals surface area contributed by atoms with Crippen molar-refractivity contribution >= 4 is 5.91 Å². The van der Waals surface area contributed by atoms with Crippen molar-refractivity contribution in [2.75, 3.05) is 6.54 Å². The Morgan fingerprint density at radius 1 is 1.38 bits per heavy atom. The van der Waals surface area contributed by atoms with E-state index >= 15 is 0 Å². The molecule has 1 aromatic heterocycles. The highest BCUT2D eigenvalue weighted by Crippen LogP contribution is 2.32. The van der Waals surface area contributed by atoms with E-state index in [1.54, 1.807) is 11.6 Å². The Morgan fingerprint density at radius 2 is 2.12 bits per heavy atom. The van der Waals surface area contributed by atoms with Crippen LogP contribution in [0.1, 0.15) is 29.3 Å². The lowest BCUT2D eigenvalue weighted by molar-refractivity contribution is -0.128. The molecule has 2 aromatic rings. The van der Waals surface area contributed by atoms with Crippen LogP contribution in [0.4, 0.5) is 13.2 Å². The average Bonchev–Trinajstić information content (AvgIpc) is 3.07. The molecule has 1 saturated heterocycles. The minimum atomic E-state index is -1.27. The minimum Gasteiger partial charge on any atom is -0.336 e. The van der Waals surface area contributed by atoms with Crippen molar-refractivity contribution in [1.82, 2.24) is 14.5 Å². The quantitative estimate of drug-likeness (QED) is 0.809. The third kappa shape index (κ3) is 2.73. The normalized spacial score (nSPS) is 17.4. The topological polar surface area (TPSA) is 61.9 Å². The highest BCUT2D eigenvalue weighted by atomic mass is 19.2. The second-order valence-corrected chi connectivity index (χ2v) is 5.73. The summed E-state index contributed by atoms with van der Waals surface area (Å²) in [6, 6.07) is 3.34. The van der Waals surface area contributed by atoms with Gasteiger partial charge in [-0.15, -0.1) is 0 Å². The highest BCUT2D eigenvalue weighted by molar-refractivity contribution is 5.79. The second-order valence-electron chi connectivity index (χ2n) is 5.73. The van der Waals surface area contributed by atoms with E-state index < -0.39 is 23.4 Å². The Kier molecular flexibility index (Phi) is 4.01. The molecule has 2 heterocycles. The van der Waals surface area contributed by atoms with Gasteiger partial charge in [-0.3, -0.25) is 4.79 Å². The summed E-state index contributed by atoms with van der Waals surface area (Å²) < 4.78 is 42.3. The molecule has 1 aromatic carbocycles. The molecule has 0 N–H and O–H groups in total. The number of aromatic nitrogens is 2. The molecule has 0 aliphatic carbocycles. The lowest BCUT2D eigenvalue weighted by atomic mass is 9.97. The van der Waals surface area contributed by atoms with E-state index in [1.165, 1.54) is 11.2 Å². The van der Waals surface area contributed by atoms with Gasteiger partial charge >= 0.3 is 0 Å². The number of carbonyl (C=O) groups excluding carboxylic acids is 1. The van der Waals surface area contributed by atoms with Gasteiger partial charge in [-0.2, -0.15) is 5.26 Å².